The number of aliphatic carboxylic acids is 1. The molecule has 23 heteroatoms. The van der Waals surface area contributed by atoms with Crippen LogP contribution in [-0.4, -0.2) is 155 Å². The molecule has 0 spiro atoms. The molecule has 0 bridgehead atoms. The number of carbonyl (C=O) groups is 10. The number of hydrogen-bond acceptors (Lipinski definition) is 11. The largest absolute Gasteiger partial charge is 0.481 e. The van der Waals surface area contributed by atoms with E-state index in [9.17, 15) is 53.1 Å². The fourth-order valence-corrected chi connectivity index (χ4v) is 7.56. The van der Waals surface area contributed by atoms with Crippen LogP contribution in [-0.2, 0) is 47.9 Å². The lowest BCUT2D eigenvalue weighted by Crippen LogP contribution is -2.59. The summed E-state index contributed by atoms with van der Waals surface area (Å²) in [6.45, 7) is 7.21. The Bertz CT molecular complexity index is 1700. The summed E-state index contributed by atoms with van der Waals surface area (Å²) in [7, 11) is 0. The van der Waals surface area contributed by atoms with Gasteiger partial charge in [-0.2, -0.15) is 0 Å². The molecule has 0 aliphatic carbocycles. The number of nitrogens with one attached hydrogen (secondary N) is 7. The van der Waals surface area contributed by atoms with Crippen molar-refractivity contribution in [3.05, 3.63) is 0 Å². The van der Waals surface area contributed by atoms with E-state index in [0.29, 0.717) is 6.42 Å². The quantitative estimate of drug-likeness (QED) is 0.0537. The van der Waals surface area contributed by atoms with Crippen LogP contribution >= 0.6 is 0 Å². The minimum absolute atomic E-state index is 0.00677. The molecule has 61 heavy (non-hydrogen) atoms. The van der Waals surface area contributed by atoms with Gasteiger partial charge in [-0.15, -0.1) is 0 Å². The number of carboxylic acids is 1. The molecule has 0 saturated carbocycles. The second-order valence-electron chi connectivity index (χ2n) is 16.4. The normalized spacial score (nSPS) is 26.5. The number of carbonyl (C=O) groups excluding carboxylic acids is 9. The summed E-state index contributed by atoms with van der Waals surface area (Å²) < 4.78 is 0. The highest BCUT2D eigenvalue weighted by Crippen LogP contribution is 2.27. The number of guanidine groups is 1. The maximum atomic E-state index is 14.3. The van der Waals surface area contributed by atoms with E-state index >= 15 is 0 Å². The monoisotopic (exact) mass is 862 g/mol. The summed E-state index contributed by atoms with van der Waals surface area (Å²) in [5, 5.41) is 27.3. The van der Waals surface area contributed by atoms with Gasteiger partial charge in [0.2, 0.25) is 53.2 Å². The summed E-state index contributed by atoms with van der Waals surface area (Å²) >= 11 is 0. The average molecular weight is 863 g/mol. The van der Waals surface area contributed by atoms with Gasteiger partial charge in [0.15, 0.2) is 5.96 Å². The summed E-state index contributed by atoms with van der Waals surface area (Å²) in [5.74, 6) is -8.66. The maximum absolute atomic E-state index is 14.3. The van der Waals surface area contributed by atoms with Crippen LogP contribution in [0.3, 0.4) is 0 Å². The van der Waals surface area contributed by atoms with E-state index in [1.165, 1.54) is 16.7 Å². The first-order valence-corrected chi connectivity index (χ1v) is 20.6. The van der Waals surface area contributed by atoms with E-state index in [4.69, 9.17) is 11.5 Å². The molecule has 3 saturated heterocycles. The molecule has 3 fully saturated rings. The second kappa shape index (κ2) is 23.1. The van der Waals surface area contributed by atoms with Crippen molar-refractivity contribution < 1.29 is 53.1 Å². The first kappa shape index (κ1) is 49.3. The molecule has 7 atom stereocenters. The molecule has 3 aliphatic heterocycles. The molecular weight excluding hydrogens is 800 g/mol. The van der Waals surface area contributed by atoms with Crippen molar-refractivity contribution in [1.82, 2.24) is 47.0 Å². The van der Waals surface area contributed by atoms with Gasteiger partial charge in [0.25, 0.3) is 0 Å². The number of fused-ring (bicyclic) bond motifs is 2. The Hall–Kier alpha value is -6.03. The predicted octanol–water partition coefficient (Wildman–Crippen LogP) is -4.11. The van der Waals surface area contributed by atoms with E-state index in [-0.39, 0.29) is 76.0 Å². The van der Waals surface area contributed by atoms with Crippen LogP contribution in [0.25, 0.3) is 0 Å². The van der Waals surface area contributed by atoms with Gasteiger partial charge in [-0.05, 0) is 56.8 Å². The minimum atomic E-state index is -1.70. The van der Waals surface area contributed by atoms with Crippen molar-refractivity contribution in [3.8, 4) is 0 Å². The van der Waals surface area contributed by atoms with Crippen molar-refractivity contribution in [3.63, 3.8) is 0 Å². The number of nitrogens with zero attached hydrogens (tertiary/aromatic N) is 3. The number of amides is 9. The van der Waals surface area contributed by atoms with Crippen molar-refractivity contribution in [2.45, 2.75) is 128 Å². The van der Waals surface area contributed by atoms with Gasteiger partial charge in [0.1, 0.15) is 36.3 Å². The summed E-state index contributed by atoms with van der Waals surface area (Å²) in [6, 6.07) is -8.31. The van der Waals surface area contributed by atoms with Gasteiger partial charge in [0, 0.05) is 32.6 Å². The topological polar surface area (TPSA) is 346 Å². The number of hydrogen-bond donors (Lipinski definition) is 10. The highest BCUT2D eigenvalue weighted by atomic mass is 16.4. The van der Waals surface area contributed by atoms with Crippen molar-refractivity contribution in [1.29, 1.82) is 0 Å². The molecule has 23 nitrogen and oxygen atoms in total. The van der Waals surface area contributed by atoms with Crippen LogP contribution in [0, 0.1) is 11.8 Å². The first-order chi connectivity index (χ1) is 28.7. The minimum Gasteiger partial charge on any atom is -0.481 e. The van der Waals surface area contributed by atoms with Gasteiger partial charge in [-0.3, -0.25) is 52.9 Å². The van der Waals surface area contributed by atoms with Crippen LogP contribution in [0.15, 0.2) is 4.99 Å². The Labute approximate surface area is 354 Å². The molecule has 0 aromatic heterocycles. The maximum Gasteiger partial charge on any atom is 0.305 e. The average Bonchev–Trinajstić information content (AvgIpc) is 3.82. The lowest BCUT2D eigenvalue weighted by molar-refractivity contribution is -0.148. The highest BCUT2D eigenvalue weighted by Gasteiger charge is 2.46. The summed E-state index contributed by atoms with van der Waals surface area (Å²) in [6.07, 6.45) is 0.0578. The lowest BCUT2D eigenvalue weighted by atomic mass is 10.0. The predicted molar refractivity (Wildman–Crippen MR) is 217 cm³/mol. The van der Waals surface area contributed by atoms with Gasteiger partial charge in [0.05, 0.1) is 19.5 Å². The Morgan fingerprint density at radius 2 is 1.33 bits per heavy atom. The molecule has 3 aliphatic rings. The van der Waals surface area contributed by atoms with Gasteiger partial charge < -0.3 is 63.6 Å². The summed E-state index contributed by atoms with van der Waals surface area (Å²) in [5.41, 5.74) is 10.8. The molecule has 12 N–H and O–H groups in total. The zero-order valence-electron chi connectivity index (χ0n) is 35.4. The van der Waals surface area contributed by atoms with E-state index in [1.807, 2.05) is 0 Å². The summed E-state index contributed by atoms with van der Waals surface area (Å²) in [4.78, 5) is 140. The van der Waals surface area contributed by atoms with E-state index in [2.05, 4.69) is 42.2 Å². The fraction of sp³-hybridized carbons (Fsp3) is 0.711. The van der Waals surface area contributed by atoms with Gasteiger partial charge in [-0.25, -0.2) is 0 Å². The van der Waals surface area contributed by atoms with Crippen LogP contribution in [0.2, 0.25) is 0 Å². The van der Waals surface area contributed by atoms with Crippen molar-refractivity contribution in [2.75, 3.05) is 32.7 Å². The fourth-order valence-electron chi connectivity index (χ4n) is 7.56. The third-order valence-electron chi connectivity index (χ3n) is 10.3. The molecule has 1 unspecified atom stereocenters. The Kier molecular flexibility index (Phi) is 18.7. The SMILES string of the molecule is CC(=O)NC1C[C@H]2C(=O)NCC(=O)N[C@@H](CC(C)C)C(=O)N[C@@H](CCCN=C(N)N)C(=O)NCC(=O)N[C@@H](CC(=O)O)C(=O)N[C@@H](CC(C)C)C(=O)N3CCC[C@@H]3C(=O)N2C1. The molecule has 0 radical (unpaired) electrons. The van der Waals surface area contributed by atoms with Crippen LogP contribution in [0.4, 0.5) is 0 Å². The van der Waals surface area contributed by atoms with E-state index in [0.717, 1.165) is 0 Å². The number of rotatable bonds is 11. The Morgan fingerprint density at radius 3 is 1.92 bits per heavy atom. The molecule has 340 valence electrons. The third-order valence-corrected chi connectivity index (χ3v) is 10.3. The molecule has 9 amide bonds. The van der Waals surface area contributed by atoms with Crippen LogP contribution in [0.1, 0.15) is 86.0 Å². The van der Waals surface area contributed by atoms with E-state index < -0.39 is 121 Å². The first-order valence-electron chi connectivity index (χ1n) is 20.6. The second-order valence-corrected chi connectivity index (χ2v) is 16.4. The van der Waals surface area contributed by atoms with Crippen molar-refractivity contribution in [2.24, 2.45) is 28.3 Å². The molecule has 3 rings (SSSR count). The molecule has 3 heterocycles. The zero-order chi connectivity index (χ0) is 45.6. The number of carboxylic acid groups (broad SMARTS) is 1. The molecule has 0 aromatic carbocycles. The van der Waals surface area contributed by atoms with Crippen LogP contribution < -0.4 is 48.7 Å². The third kappa shape index (κ3) is 15.5. The van der Waals surface area contributed by atoms with Gasteiger partial charge in [-0.1, -0.05) is 27.7 Å². The lowest BCUT2D eigenvalue weighted by Gasteiger charge is -2.33. The highest BCUT2D eigenvalue weighted by molar-refractivity contribution is 5.99. The molecule has 0 aromatic rings. The molecular formula is C38H62N12O11. The van der Waals surface area contributed by atoms with Gasteiger partial charge >= 0.3 is 5.97 Å². The smallest absolute Gasteiger partial charge is 0.305 e. The van der Waals surface area contributed by atoms with E-state index in [1.54, 1.807) is 27.7 Å². The number of nitrogens with two attached hydrogens (primary N) is 2. The Balaban J connectivity index is 2.04. The van der Waals surface area contributed by atoms with Crippen molar-refractivity contribution >= 4 is 65.1 Å². The zero-order valence-corrected chi connectivity index (χ0v) is 35.4. The standard InChI is InChI=1S/C38H62N12O11/c1-19(2)12-24-33(57)47-23(8-6-10-41-38(39)40)32(56)42-16-29(52)46-25(15-31(54)55)34(58)48-26(13-20(3)4)36(60)49-11-7-9-27(49)37(61)50-18-22(44-21(5)51)14-28(50)35(59)43-17-30(53)45-24/h19-20,22-28H,6-18H2,1-5H3,(H,42,56)(H,43,59)(H,44,51)(H,45,53)(H,46,52)(H,47,57)(H,48,58)(H,54,55)(H4,39,40,41)/t22?,23-,24-,25-,26-,27+,28-/m0/s1. The van der Waals surface area contributed by atoms with Crippen LogP contribution in [0.5, 0.6) is 0 Å². The number of aliphatic imine (C=N–C) groups is 1. The Morgan fingerprint density at radius 1 is 0.754 bits per heavy atom.